The van der Waals surface area contributed by atoms with Crippen LogP contribution >= 0.6 is 7.82 Å². The van der Waals surface area contributed by atoms with Crippen LogP contribution < -0.4 is 0 Å². The van der Waals surface area contributed by atoms with E-state index in [9.17, 15) is 9.46 Å². The Morgan fingerprint density at radius 3 is 2.11 bits per heavy atom. The minimum absolute atomic E-state index is 0.0759. The molecule has 2 fully saturated rings. The highest BCUT2D eigenvalue weighted by Gasteiger charge is 2.30. The summed E-state index contributed by atoms with van der Waals surface area (Å²) in [6.45, 7) is 7.16. The Kier molecular flexibility index (Phi) is 16.9. The smallest absolute Gasteiger partial charge is 0.349 e. The third kappa shape index (κ3) is 15.8. The second-order valence-electron chi connectivity index (χ2n) is 11.8. The average Bonchev–Trinajstić information content (AvgIpc) is 2.85. The quantitative estimate of drug-likeness (QED) is 0.0546. The van der Waals surface area contributed by atoms with Crippen LogP contribution in [-0.2, 0) is 18.3 Å². The molecule has 1 saturated heterocycles. The average molecular weight is 545 g/mol. The van der Waals surface area contributed by atoms with Crippen LogP contribution in [0.2, 0.25) is 0 Å². The lowest BCUT2D eigenvalue weighted by atomic mass is 9.91. The van der Waals surface area contributed by atoms with E-state index in [-0.39, 0.29) is 12.7 Å². The maximum Gasteiger partial charge on any atom is 0.474 e. The molecule has 0 spiro atoms. The van der Waals surface area contributed by atoms with Crippen LogP contribution in [0.15, 0.2) is 11.6 Å². The number of allylic oxidation sites excluding steroid dienone is 2. The fourth-order valence-electron chi connectivity index (χ4n) is 5.81. The molecule has 6 nitrogen and oxygen atoms in total. The van der Waals surface area contributed by atoms with E-state index in [1.165, 1.54) is 96.3 Å². The van der Waals surface area contributed by atoms with E-state index < -0.39 is 14.1 Å². The number of rotatable bonds is 20. The van der Waals surface area contributed by atoms with E-state index in [1.54, 1.807) is 12.5 Å². The molecule has 37 heavy (non-hydrogen) atoms. The molecule has 2 rings (SSSR count). The minimum atomic E-state index is -4.11. The lowest BCUT2D eigenvalue weighted by Gasteiger charge is -2.37. The van der Waals surface area contributed by atoms with Crippen molar-refractivity contribution in [1.82, 2.24) is 0 Å². The highest BCUT2D eigenvalue weighted by Crippen LogP contribution is 2.45. The van der Waals surface area contributed by atoms with Gasteiger partial charge in [0.2, 0.25) is 0 Å². The lowest BCUT2D eigenvalue weighted by molar-refractivity contribution is -0.914. The molecule has 1 aliphatic heterocycles. The summed E-state index contributed by atoms with van der Waals surface area (Å²) in [5.41, 5.74) is 1.55. The van der Waals surface area contributed by atoms with Crippen molar-refractivity contribution in [3.05, 3.63) is 11.6 Å². The van der Waals surface area contributed by atoms with Crippen LogP contribution in [-0.4, -0.2) is 55.1 Å². The van der Waals surface area contributed by atoms with Crippen molar-refractivity contribution < 1.29 is 27.7 Å². The van der Waals surface area contributed by atoms with Gasteiger partial charge in [0.05, 0.1) is 26.2 Å². The first kappa shape index (κ1) is 33.0. The molecule has 2 unspecified atom stereocenters. The molecule has 218 valence electrons. The summed E-state index contributed by atoms with van der Waals surface area (Å²) in [7, 11) is -1.91. The summed E-state index contributed by atoms with van der Waals surface area (Å²) >= 11 is 0. The van der Waals surface area contributed by atoms with Crippen LogP contribution in [0.3, 0.4) is 0 Å². The largest absolute Gasteiger partial charge is 0.474 e. The number of nitrogens with zero attached hydrogens (tertiary/aromatic N) is 1. The van der Waals surface area contributed by atoms with Crippen molar-refractivity contribution in [3.8, 4) is 0 Å². The number of phosphoric ester groups is 1. The summed E-state index contributed by atoms with van der Waals surface area (Å²) < 4.78 is 29.8. The van der Waals surface area contributed by atoms with Gasteiger partial charge >= 0.3 is 7.82 Å². The molecule has 2 atom stereocenters. The SMILES string of the molecule is CCCCCCCCCCCCCC=C1CCC(OC(C)OP(=O)(O)OCC[N+]2(C)CCCCC2)CC1. The van der Waals surface area contributed by atoms with Gasteiger partial charge in [-0.25, -0.2) is 4.57 Å². The Labute approximate surface area is 228 Å². The predicted molar refractivity (Wildman–Crippen MR) is 153 cm³/mol. The summed E-state index contributed by atoms with van der Waals surface area (Å²) in [6.07, 6.45) is 25.9. The van der Waals surface area contributed by atoms with Crippen molar-refractivity contribution in [1.29, 1.82) is 0 Å². The highest BCUT2D eigenvalue weighted by atomic mass is 31.2. The molecule has 0 aromatic heterocycles. The first-order valence-corrected chi connectivity index (χ1v) is 17.1. The maximum atomic E-state index is 12.4. The van der Waals surface area contributed by atoms with E-state index in [0.29, 0.717) is 0 Å². The first-order chi connectivity index (χ1) is 17.8. The monoisotopic (exact) mass is 544 g/mol. The maximum absolute atomic E-state index is 12.4. The molecule has 0 bridgehead atoms. The third-order valence-corrected chi connectivity index (χ3v) is 9.33. The predicted octanol–water partition coefficient (Wildman–Crippen LogP) is 8.68. The Morgan fingerprint density at radius 1 is 0.946 bits per heavy atom. The summed E-state index contributed by atoms with van der Waals surface area (Å²) in [5.74, 6) is 0. The van der Waals surface area contributed by atoms with Gasteiger partial charge in [-0.3, -0.25) is 9.05 Å². The molecule has 2 aliphatic rings. The number of ether oxygens (including phenoxy) is 1. The number of quaternary nitrogens is 1. The zero-order valence-electron chi connectivity index (χ0n) is 24.5. The highest BCUT2D eigenvalue weighted by molar-refractivity contribution is 7.47. The number of piperidine rings is 1. The van der Waals surface area contributed by atoms with Crippen LogP contribution in [0.5, 0.6) is 0 Å². The van der Waals surface area contributed by atoms with Gasteiger partial charge in [0.15, 0.2) is 6.29 Å². The molecule has 1 aliphatic carbocycles. The van der Waals surface area contributed by atoms with Gasteiger partial charge in [-0.1, -0.05) is 82.8 Å². The van der Waals surface area contributed by atoms with Crippen LogP contribution in [0.4, 0.5) is 0 Å². The number of likely N-dealkylation sites (tertiary alicyclic amines) is 1. The molecule has 1 saturated carbocycles. The van der Waals surface area contributed by atoms with E-state index in [1.807, 2.05) is 0 Å². The second-order valence-corrected chi connectivity index (χ2v) is 13.3. The van der Waals surface area contributed by atoms with E-state index in [2.05, 4.69) is 20.0 Å². The number of phosphoric acid groups is 1. The molecule has 0 amide bonds. The number of unbranched alkanes of at least 4 members (excludes halogenated alkanes) is 11. The van der Waals surface area contributed by atoms with Gasteiger partial charge in [0.25, 0.3) is 0 Å². The standard InChI is InChI=1S/C30H58NO5P/c1-4-5-6-7-8-9-10-11-12-13-14-16-19-29-20-22-30(23-21-29)35-28(2)36-37(32,33)34-27-26-31(3)24-17-15-18-25-31/h19,28,30H,4-18,20-27H2,1-3H3/p+1. The van der Waals surface area contributed by atoms with E-state index in [4.69, 9.17) is 13.8 Å². The lowest BCUT2D eigenvalue weighted by Crippen LogP contribution is -2.49. The number of likely N-dealkylation sites (N-methyl/N-ethyl adjacent to an activating group) is 1. The molecule has 1 heterocycles. The number of hydrogen-bond acceptors (Lipinski definition) is 4. The van der Waals surface area contributed by atoms with E-state index in [0.717, 1.165) is 49.8 Å². The van der Waals surface area contributed by atoms with E-state index >= 15 is 0 Å². The topological polar surface area (TPSA) is 65.0 Å². The second kappa shape index (κ2) is 19.0. The van der Waals surface area contributed by atoms with Gasteiger partial charge in [-0.2, -0.15) is 0 Å². The molecule has 1 N–H and O–H groups in total. The zero-order chi connectivity index (χ0) is 26.8. The van der Waals surface area contributed by atoms with Crippen LogP contribution in [0, 0.1) is 0 Å². The van der Waals surface area contributed by atoms with Crippen LogP contribution in [0.1, 0.15) is 136 Å². The summed E-state index contributed by atoms with van der Waals surface area (Å²) in [4.78, 5) is 10.1. The van der Waals surface area contributed by atoms with Crippen molar-refractivity contribution in [2.24, 2.45) is 0 Å². The third-order valence-electron chi connectivity index (χ3n) is 8.26. The summed E-state index contributed by atoms with van der Waals surface area (Å²) in [5, 5.41) is 0. The van der Waals surface area contributed by atoms with Crippen molar-refractivity contribution in [2.75, 3.05) is 33.3 Å². The van der Waals surface area contributed by atoms with Crippen molar-refractivity contribution in [3.63, 3.8) is 0 Å². The number of hydrogen-bond donors (Lipinski definition) is 1. The molecule has 0 aromatic rings. The molecule has 0 radical (unpaired) electrons. The van der Waals surface area contributed by atoms with Gasteiger partial charge < -0.3 is 14.1 Å². The fraction of sp³-hybridized carbons (Fsp3) is 0.933. The fourth-order valence-corrected chi connectivity index (χ4v) is 6.60. The zero-order valence-corrected chi connectivity index (χ0v) is 25.4. The van der Waals surface area contributed by atoms with Crippen molar-refractivity contribution >= 4 is 7.82 Å². The Bertz CT molecular complexity index is 654. The first-order valence-electron chi connectivity index (χ1n) is 15.6. The van der Waals surface area contributed by atoms with Gasteiger partial charge in [-0.05, 0) is 64.7 Å². The Balaban J connectivity index is 1.48. The molecule has 7 heteroatoms. The summed E-state index contributed by atoms with van der Waals surface area (Å²) in [6, 6.07) is 0. The van der Waals surface area contributed by atoms with Gasteiger partial charge in [-0.15, -0.1) is 0 Å². The van der Waals surface area contributed by atoms with Gasteiger partial charge in [0.1, 0.15) is 13.2 Å². The molecular weight excluding hydrogens is 485 g/mol. The van der Waals surface area contributed by atoms with Crippen LogP contribution in [0.25, 0.3) is 0 Å². The minimum Gasteiger partial charge on any atom is -0.349 e. The Hall–Kier alpha value is -0.230. The normalized spacial score (nSPS) is 22.5. The molecule has 0 aromatic carbocycles. The Morgan fingerprint density at radius 2 is 1.51 bits per heavy atom. The van der Waals surface area contributed by atoms with Gasteiger partial charge in [0, 0.05) is 0 Å². The molecular formula is C30H59NO5P+. The van der Waals surface area contributed by atoms with Crippen molar-refractivity contribution in [2.45, 2.75) is 148 Å².